The normalized spacial score (nSPS) is 11.6. The zero-order valence-corrected chi connectivity index (χ0v) is 16.9. The summed E-state index contributed by atoms with van der Waals surface area (Å²) < 4.78 is 0. The molecule has 4 aromatic carbocycles. The van der Waals surface area contributed by atoms with Crippen LogP contribution in [0.25, 0.3) is 32.3 Å². The number of nitrogens with one attached hydrogen (secondary N) is 1. The van der Waals surface area contributed by atoms with E-state index in [0.29, 0.717) is 0 Å². The number of hydrogen-bond donors (Lipinski definition) is 1. The van der Waals surface area contributed by atoms with Crippen LogP contribution in [-0.4, -0.2) is 4.98 Å². The molecule has 0 spiro atoms. The third-order valence-corrected chi connectivity index (χ3v) is 5.93. The molecule has 0 aliphatic carbocycles. The van der Waals surface area contributed by atoms with Crippen molar-refractivity contribution in [2.45, 2.75) is 39.0 Å². The van der Waals surface area contributed by atoms with Crippen LogP contribution in [0.15, 0.2) is 72.9 Å². The smallest absolute Gasteiger partial charge is 0.130 e. The molecule has 5 rings (SSSR count). The fraction of sp³-hybridized carbons (Fsp3) is 0.222. The lowest BCUT2D eigenvalue weighted by atomic mass is 9.93. The van der Waals surface area contributed by atoms with Gasteiger partial charge in [0.05, 0.1) is 0 Å². The largest absolute Gasteiger partial charge is 0.340 e. The first-order chi connectivity index (χ1) is 14.3. The molecule has 0 atom stereocenters. The summed E-state index contributed by atoms with van der Waals surface area (Å²) in [6, 6.07) is 24.2. The lowest BCUT2D eigenvalue weighted by Gasteiger charge is -2.15. The number of hydrogen-bond acceptors (Lipinski definition) is 2. The number of benzene rings is 4. The second-order valence-electron chi connectivity index (χ2n) is 7.95. The second kappa shape index (κ2) is 7.71. The summed E-state index contributed by atoms with van der Waals surface area (Å²) in [6.07, 6.45) is 8.19. The van der Waals surface area contributed by atoms with E-state index in [0.717, 1.165) is 17.9 Å². The molecule has 0 unspecified atom stereocenters. The molecular formula is C27H26N2. The SMILES string of the molecule is CCCCCCc1ccnc(Nc2ccc3ccc4cccc5ccc2c3c45)c1. The van der Waals surface area contributed by atoms with E-state index in [2.05, 4.69) is 84.0 Å². The van der Waals surface area contributed by atoms with E-state index in [4.69, 9.17) is 0 Å². The molecule has 0 saturated heterocycles. The third kappa shape index (κ3) is 3.40. The van der Waals surface area contributed by atoms with Crippen LogP contribution in [0.3, 0.4) is 0 Å². The molecule has 0 aliphatic heterocycles. The fourth-order valence-electron chi connectivity index (χ4n) is 4.44. The number of aryl methyl sites for hydroxylation is 1. The van der Waals surface area contributed by atoms with Crippen molar-refractivity contribution in [1.29, 1.82) is 0 Å². The van der Waals surface area contributed by atoms with Gasteiger partial charge in [-0.15, -0.1) is 0 Å². The Hall–Kier alpha value is -3.13. The van der Waals surface area contributed by atoms with Crippen molar-refractivity contribution in [3.8, 4) is 0 Å². The molecule has 0 amide bonds. The molecule has 2 nitrogen and oxygen atoms in total. The molecule has 0 saturated carbocycles. The molecule has 0 fully saturated rings. The van der Waals surface area contributed by atoms with Gasteiger partial charge in [0.1, 0.15) is 5.82 Å². The molecular weight excluding hydrogens is 352 g/mol. The van der Waals surface area contributed by atoms with Crippen molar-refractivity contribution in [3.63, 3.8) is 0 Å². The van der Waals surface area contributed by atoms with Crippen LogP contribution in [0.2, 0.25) is 0 Å². The Morgan fingerprint density at radius 3 is 2.34 bits per heavy atom. The number of unbranched alkanes of at least 4 members (excludes halogenated alkanes) is 3. The van der Waals surface area contributed by atoms with Crippen molar-refractivity contribution >= 4 is 43.8 Å². The van der Waals surface area contributed by atoms with Crippen molar-refractivity contribution in [2.24, 2.45) is 0 Å². The Kier molecular flexibility index (Phi) is 4.77. The van der Waals surface area contributed by atoms with Crippen molar-refractivity contribution in [3.05, 3.63) is 78.5 Å². The third-order valence-electron chi connectivity index (χ3n) is 5.93. The van der Waals surface area contributed by atoms with Crippen LogP contribution in [0.4, 0.5) is 11.5 Å². The van der Waals surface area contributed by atoms with Gasteiger partial charge in [-0.25, -0.2) is 4.98 Å². The van der Waals surface area contributed by atoms with Gasteiger partial charge in [0.2, 0.25) is 0 Å². The molecule has 144 valence electrons. The van der Waals surface area contributed by atoms with E-state index in [1.54, 1.807) is 0 Å². The Balaban J connectivity index is 1.51. The number of aromatic nitrogens is 1. The minimum atomic E-state index is 0.924. The van der Waals surface area contributed by atoms with E-state index in [-0.39, 0.29) is 0 Å². The zero-order chi connectivity index (χ0) is 19.6. The molecule has 2 heteroatoms. The summed E-state index contributed by atoms with van der Waals surface area (Å²) >= 11 is 0. The highest BCUT2D eigenvalue weighted by molar-refractivity contribution is 6.25. The van der Waals surface area contributed by atoms with Crippen molar-refractivity contribution in [1.82, 2.24) is 4.98 Å². The molecule has 0 aliphatic rings. The Morgan fingerprint density at radius 2 is 1.52 bits per heavy atom. The summed E-state index contributed by atoms with van der Waals surface area (Å²) in [4.78, 5) is 4.58. The maximum atomic E-state index is 4.58. The van der Waals surface area contributed by atoms with Crippen LogP contribution in [0.5, 0.6) is 0 Å². The number of pyridine rings is 1. The van der Waals surface area contributed by atoms with Gasteiger partial charge in [-0.3, -0.25) is 0 Å². The number of anilines is 2. The topological polar surface area (TPSA) is 24.9 Å². The van der Waals surface area contributed by atoms with E-state index in [9.17, 15) is 0 Å². The van der Waals surface area contributed by atoms with Gasteiger partial charge >= 0.3 is 0 Å². The molecule has 0 radical (unpaired) electrons. The van der Waals surface area contributed by atoms with Crippen LogP contribution >= 0.6 is 0 Å². The quantitative estimate of drug-likeness (QED) is 0.230. The molecule has 29 heavy (non-hydrogen) atoms. The summed E-state index contributed by atoms with van der Waals surface area (Å²) in [5, 5.41) is 11.4. The summed E-state index contributed by atoms with van der Waals surface area (Å²) in [7, 11) is 0. The van der Waals surface area contributed by atoms with Crippen LogP contribution in [0.1, 0.15) is 38.2 Å². The van der Waals surface area contributed by atoms with Gasteiger partial charge < -0.3 is 5.32 Å². The maximum absolute atomic E-state index is 4.58. The highest BCUT2D eigenvalue weighted by Gasteiger charge is 2.11. The first kappa shape index (κ1) is 17.9. The second-order valence-corrected chi connectivity index (χ2v) is 7.95. The Labute approximate surface area is 171 Å². The molecule has 1 N–H and O–H groups in total. The first-order valence-corrected chi connectivity index (χ1v) is 10.7. The number of rotatable bonds is 7. The van der Waals surface area contributed by atoms with E-state index in [1.165, 1.54) is 63.6 Å². The summed E-state index contributed by atoms with van der Waals surface area (Å²) in [6.45, 7) is 2.26. The van der Waals surface area contributed by atoms with Crippen molar-refractivity contribution in [2.75, 3.05) is 5.32 Å². The monoisotopic (exact) mass is 378 g/mol. The van der Waals surface area contributed by atoms with E-state index >= 15 is 0 Å². The molecule has 5 aromatic rings. The lowest BCUT2D eigenvalue weighted by molar-refractivity contribution is 0.666. The van der Waals surface area contributed by atoms with Gasteiger partial charge in [0.15, 0.2) is 0 Å². The van der Waals surface area contributed by atoms with Gasteiger partial charge in [-0.05, 0) is 63.5 Å². The Bertz CT molecular complexity index is 1260. The van der Waals surface area contributed by atoms with Crippen molar-refractivity contribution < 1.29 is 0 Å². The van der Waals surface area contributed by atoms with Gasteiger partial charge in [0.25, 0.3) is 0 Å². The lowest BCUT2D eigenvalue weighted by Crippen LogP contribution is -1.97. The first-order valence-electron chi connectivity index (χ1n) is 10.7. The van der Waals surface area contributed by atoms with Gasteiger partial charge in [0, 0.05) is 17.3 Å². The van der Waals surface area contributed by atoms with E-state index in [1.807, 2.05) is 6.20 Å². The van der Waals surface area contributed by atoms with Crippen LogP contribution in [-0.2, 0) is 6.42 Å². The fourth-order valence-corrected chi connectivity index (χ4v) is 4.44. The highest BCUT2D eigenvalue weighted by atomic mass is 15.0. The molecule has 1 heterocycles. The minimum absolute atomic E-state index is 0.924. The standard InChI is InChI=1S/C27H26N2/c1-2-3-4-5-7-19-16-17-28-25(18-19)29-24-15-13-22-11-10-20-8-6-9-21-12-14-23(24)27(22)26(20)21/h6,8-18H,2-5,7H2,1H3,(H,28,29). The predicted octanol–water partition coefficient (Wildman–Crippen LogP) is 7.85. The maximum Gasteiger partial charge on any atom is 0.130 e. The van der Waals surface area contributed by atoms with Crippen LogP contribution < -0.4 is 5.32 Å². The molecule has 1 aromatic heterocycles. The van der Waals surface area contributed by atoms with Gasteiger partial charge in [-0.2, -0.15) is 0 Å². The number of nitrogens with zero attached hydrogens (tertiary/aromatic N) is 1. The summed E-state index contributed by atoms with van der Waals surface area (Å²) in [5.41, 5.74) is 2.47. The molecule has 0 bridgehead atoms. The average Bonchev–Trinajstić information content (AvgIpc) is 2.76. The zero-order valence-electron chi connectivity index (χ0n) is 16.9. The highest BCUT2D eigenvalue weighted by Crippen LogP contribution is 2.38. The minimum Gasteiger partial charge on any atom is -0.340 e. The summed E-state index contributed by atoms with van der Waals surface area (Å²) in [5.74, 6) is 0.924. The average molecular weight is 379 g/mol. The Morgan fingerprint density at radius 1 is 0.759 bits per heavy atom. The van der Waals surface area contributed by atoms with Gasteiger partial charge in [-0.1, -0.05) is 74.7 Å². The van der Waals surface area contributed by atoms with Crippen LogP contribution in [0, 0.1) is 0 Å². The van der Waals surface area contributed by atoms with E-state index < -0.39 is 0 Å². The predicted molar refractivity (Wildman–Crippen MR) is 126 cm³/mol.